The van der Waals surface area contributed by atoms with E-state index < -0.39 is 6.10 Å². The van der Waals surface area contributed by atoms with E-state index in [4.69, 9.17) is 4.74 Å². The average Bonchev–Trinajstić information content (AvgIpc) is 2.26. The molecule has 16 heavy (non-hydrogen) atoms. The van der Waals surface area contributed by atoms with Gasteiger partial charge in [-0.1, -0.05) is 0 Å². The molecule has 0 aromatic carbocycles. The number of rotatable bonds is 5. The normalized spacial score (nSPS) is 22.8. The molecule has 0 spiro atoms. The van der Waals surface area contributed by atoms with Gasteiger partial charge in [-0.2, -0.15) is 0 Å². The summed E-state index contributed by atoms with van der Waals surface area (Å²) in [6.07, 6.45) is 4.57. The lowest BCUT2D eigenvalue weighted by Gasteiger charge is -2.24. The highest BCUT2D eigenvalue weighted by atomic mass is 16.5. The van der Waals surface area contributed by atoms with Crippen molar-refractivity contribution in [3.63, 3.8) is 0 Å². The minimum absolute atomic E-state index is 0.0927. The van der Waals surface area contributed by atoms with Gasteiger partial charge >= 0.3 is 0 Å². The van der Waals surface area contributed by atoms with Crippen molar-refractivity contribution < 1.29 is 14.6 Å². The van der Waals surface area contributed by atoms with Crippen molar-refractivity contribution in [3.05, 3.63) is 0 Å². The summed E-state index contributed by atoms with van der Waals surface area (Å²) in [7, 11) is 1.73. The van der Waals surface area contributed by atoms with Crippen molar-refractivity contribution >= 4 is 5.91 Å². The Labute approximate surface area is 97.6 Å². The van der Waals surface area contributed by atoms with Gasteiger partial charge in [-0.3, -0.25) is 4.79 Å². The van der Waals surface area contributed by atoms with Crippen LogP contribution in [0.5, 0.6) is 0 Å². The van der Waals surface area contributed by atoms with Crippen LogP contribution in [0.25, 0.3) is 0 Å². The molecule has 0 aliphatic carbocycles. The van der Waals surface area contributed by atoms with Gasteiger partial charge in [0.05, 0.1) is 12.2 Å². The summed E-state index contributed by atoms with van der Waals surface area (Å²) in [5.41, 5.74) is 0. The number of carbonyl (C=O) groups is 1. The molecule has 1 aliphatic heterocycles. The van der Waals surface area contributed by atoms with Gasteiger partial charge in [0.15, 0.2) is 0 Å². The van der Waals surface area contributed by atoms with Gasteiger partial charge in [-0.05, 0) is 32.6 Å². The Balaban J connectivity index is 2.17. The number of ether oxygens (including phenoxy) is 1. The number of carbonyl (C=O) groups excluding carboxylic acids is 1. The quantitative estimate of drug-likeness (QED) is 0.770. The topological polar surface area (TPSA) is 49.8 Å². The summed E-state index contributed by atoms with van der Waals surface area (Å²) >= 11 is 0. The summed E-state index contributed by atoms with van der Waals surface area (Å²) in [4.78, 5) is 13.3. The molecular weight excluding hydrogens is 206 g/mol. The third-order valence-corrected chi connectivity index (χ3v) is 2.92. The molecule has 1 saturated heterocycles. The maximum Gasteiger partial charge on any atom is 0.222 e. The molecule has 0 bridgehead atoms. The Morgan fingerprint density at radius 2 is 2.31 bits per heavy atom. The number of likely N-dealkylation sites (N-methyl/N-ethyl adjacent to an activating group) is 1. The van der Waals surface area contributed by atoms with Crippen molar-refractivity contribution in [2.45, 2.75) is 51.2 Å². The largest absolute Gasteiger partial charge is 0.392 e. The van der Waals surface area contributed by atoms with E-state index in [0.29, 0.717) is 13.0 Å². The fourth-order valence-electron chi connectivity index (χ4n) is 2.01. The maximum absolute atomic E-state index is 11.7. The SMILES string of the molecule is CC(O)CN(C)C(=O)CCC1CCCCO1. The van der Waals surface area contributed by atoms with E-state index in [1.54, 1.807) is 18.9 Å². The fraction of sp³-hybridized carbons (Fsp3) is 0.917. The number of aliphatic hydroxyl groups excluding tert-OH is 1. The molecule has 1 heterocycles. The molecule has 0 radical (unpaired) electrons. The highest BCUT2D eigenvalue weighted by Crippen LogP contribution is 2.17. The highest BCUT2D eigenvalue weighted by molar-refractivity contribution is 5.75. The minimum Gasteiger partial charge on any atom is -0.392 e. The number of hydrogen-bond acceptors (Lipinski definition) is 3. The van der Waals surface area contributed by atoms with E-state index in [9.17, 15) is 9.90 Å². The molecule has 2 atom stereocenters. The Kier molecular flexibility index (Phi) is 5.77. The molecule has 0 aromatic rings. The van der Waals surface area contributed by atoms with Crippen molar-refractivity contribution in [1.82, 2.24) is 4.90 Å². The van der Waals surface area contributed by atoms with Gasteiger partial charge in [0, 0.05) is 26.6 Å². The van der Waals surface area contributed by atoms with Gasteiger partial charge in [0.2, 0.25) is 5.91 Å². The fourth-order valence-corrected chi connectivity index (χ4v) is 2.01. The molecule has 0 saturated carbocycles. The first kappa shape index (κ1) is 13.5. The molecule has 1 amide bonds. The zero-order chi connectivity index (χ0) is 12.0. The van der Waals surface area contributed by atoms with Crippen LogP contribution in [0.4, 0.5) is 0 Å². The van der Waals surface area contributed by atoms with Gasteiger partial charge in [-0.25, -0.2) is 0 Å². The number of amides is 1. The van der Waals surface area contributed by atoms with E-state index in [2.05, 4.69) is 0 Å². The monoisotopic (exact) mass is 229 g/mol. The summed E-state index contributed by atoms with van der Waals surface area (Å²) in [6.45, 7) is 2.93. The highest BCUT2D eigenvalue weighted by Gasteiger charge is 2.17. The second-order valence-electron chi connectivity index (χ2n) is 4.65. The standard InChI is InChI=1S/C12H23NO3/c1-10(14)9-13(2)12(15)7-6-11-5-3-4-8-16-11/h10-11,14H,3-9H2,1-2H3. The second kappa shape index (κ2) is 6.86. The first-order chi connectivity index (χ1) is 7.59. The number of hydrogen-bond donors (Lipinski definition) is 1. The van der Waals surface area contributed by atoms with E-state index in [0.717, 1.165) is 25.9 Å². The molecular formula is C12H23NO3. The van der Waals surface area contributed by atoms with Crippen LogP contribution in [0.3, 0.4) is 0 Å². The maximum atomic E-state index is 11.7. The zero-order valence-electron chi connectivity index (χ0n) is 10.3. The number of nitrogens with zero attached hydrogens (tertiary/aromatic N) is 1. The first-order valence-electron chi connectivity index (χ1n) is 6.13. The molecule has 1 fully saturated rings. The molecule has 2 unspecified atom stereocenters. The van der Waals surface area contributed by atoms with Gasteiger partial charge < -0.3 is 14.7 Å². The summed E-state index contributed by atoms with van der Waals surface area (Å²) in [6, 6.07) is 0. The number of aliphatic hydroxyl groups is 1. The molecule has 4 heteroatoms. The van der Waals surface area contributed by atoms with Crippen LogP contribution in [-0.4, -0.2) is 48.3 Å². The molecule has 94 valence electrons. The van der Waals surface area contributed by atoms with E-state index >= 15 is 0 Å². The Bertz CT molecular complexity index is 212. The van der Waals surface area contributed by atoms with Crippen molar-refractivity contribution in [1.29, 1.82) is 0 Å². The van der Waals surface area contributed by atoms with E-state index in [1.807, 2.05) is 0 Å². The molecule has 1 aliphatic rings. The molecule has 0 aromatic heterocycles. The predicted molar refractivity (Wildman–Crippen MR) is 62.1 cm³/mol. The third-order valence-electron chi connectivity index (χ3n) is 2.92. The summed E-state index contributed by atoms with van der Waals surface area (Å²) in [5.74, 6) is 0.0927. The molecule has 1 N–H and O–H groups in total. The Morgan fingerprint density at radius 1 is 1.56 bits per heavy atom. The van der Waals surface area contributed by atoms with Crippen LogP contribution in [0, 0.1) is 0 Å². The second-order valence-corrected chi connectivity index (χ2v) is 4.65. The van der Waals surface area contributed by atoms with Crippen LogP contribution in [0.15, 0.2) is 0 Å². The lowest BCUT2D eigenvalue weighted by Crippen LogP contribution is -2.33. The predicted octanol–water partition coefficient (Wildman–Crippen LogP) is 1.17. The van der Waals surface area contributed by atoms with Gasteiger partial charge in [0.1, 0.15) is 0 Å². The van der Waals surface area contributed by atoms with E-state index in [1.165, 1.54) is 6.42 Å². The summed E-state index contributed by atoms with van der Waals surface area (Å²) in [5, 5.41) is 9.17. The zero-order valence-corrected chi connectivity index (χ0v) is 10.3. The Morgan fingerprint density at radius 3 is 2.88 bits per heavy atom. The van der Waals surface area contributed by atoms with Crippen molar-refractivity contribution in [3.8, 4) is 0 Å². The Hall–Kier alpha value is -0.610. The summed E-state index contributed by atoms with van der Waals surface area (Å²) < 4.78 is 5.57. The van der Waals surface area contributed by atoms with Crippen LogP contribution in [0.1, 0.15) is 39.0 Å². The average molecular weight is 229 g/mol. The minimum atomic E-state index is -0.458. The lowest BCUT2D eigenvalue weighted by molar-refractivity contribution is -0.132. The van der Waals surface area contributed by atoms with Crippen LogP contribution < -0.4 is 0 Å². The van der Waals surface area contributed by atoms with Crippen LogP contribution in [0.2, 0.25) is 0 Å². The lowest BCUT2D eigenvalue weighted by atomic mass is 10.0. The molecule has 4 nitrogen and oxygen atoms in total. The van der Waals surface area contributed by atoms with Gasteiger partial charge in [-0.15, -0.1) is 0 Å². The van der Waals surface area contributed by atoms with Crippen molar-refractivity contribution in [2.24, 2.45) is 0 Å². The van der Waals surface area contributed by atoms with Crippen molar-refractivity contribution in [2.75, 3.05) is 20.2 Å². The van der Waals surface area contributed by atoms with E-state index in [-0.39, 0.29) is 12.0 Å². The van der Waals surface area contributed by atoms with Gasteiger partial charge in [0.25, 0.3) is 0 Å². The first-order valence-corrected chi connectivity index (χ1v) is 6.13. The smallest absolute Gasteiger partial charge is 0.222 e. The third kappa shape index (κ3) is 4.94. The van der Waals surface area contributed by atoms with Crippen LogP contribution in [-0.2, 0) is 9.53 Å². The molecule has 1 rings (SSSR count). The van der Waals surface area contributed by atoms with Crippen LogP contribution >= 0.6 is 0 Å².